The van der Waals surface area contributed by atoms with Gasteiger partial charge in [-0.2, -0.15) is 0 Å². The molecule has 3 rings (SSSR count). The van der Waals surface area contributed by atoms with E-state index in [-0.39, 0.29) is 23.9 Å². The smallest absolute Gasteiger partial charge is 0.173 e. The van der Waals surface area contributed by atoms with E-state index in [0.29, 0.717) is 5.57 Å². The summed E-state index contributed by atoms with van der Waals surface area (Å²) in [6.45, 7) is 2.72. The second-order valence-electron chi connectivity index (χ2n) is 5.57. The van der Waals surface area contributed by atoms with Crippen LogP contribution in [-0.4, -0.2) is 24.6 Å². The van der Waals surface area contributed by atoms with Crippen molar-refractivity contribution in [3.05, 3.63) is 40.6 Å². The molecule has 1 saturated carbocycles. The molecule has 0 bridgehead atoms. The molecule has 112 valence electrons. The zero-order chi connectivity index (χ0) is 14.8. The van der Waals surface area contributed by atoms with Crippen LogP contribution in [0.3, 0.4) is 0 Å². The van der Waals surface area contributed by atoms with Gasteiger partial charge in [0.1, 0.15) is 6.10 Å². The van der Waals surface area contributed by atoms with E-state index in [0.717, 1.165) is 35.9 Å². The Morgan fingerprint density at radius 2 is 2.05 bits per heavy atom. The van der Waals surface area contributed by atoms with Gasteiger partial charge in [-0.25, -0.2) is 0 Å². The summed E-state index contributed by atoms with van der Waals surface area (Å²) in [5.74, 6) is 0.189. The molecule has 1 heterocycles. The predicted molar refractivity (Wildman–Crippen MR) is 84.8 cm³/mol. The summed E-state index contributed by atoms with van der Waals surface area (Å²) >= 11 is 3.41. The lowest BCUT2D eigenvalue weighted by Gasteiger charge is -2.37. The molecule has 3 unspecified atom stereocenters. The molecule has 0 aromatic heterocycles. The lowest BCUT2D eigenvalue weighted by atomic mass is 9.78. The van der Waals surface area contributed by atoms with E-state index in [4.69, 9.17) is 9.47 Å². The van der Waals surface area contributed by atoms with E-state index in [9.17, 15) is 4.79 Å². The van der Waals surface area contributed by atoms with Crippen LogP contribution in [0.2, 0.25) is 0 Å². The van der Waals surface area contributed by atoms with Gasteiger partial charge >= 0.3 is 0 Å². The average molecular weight is 351 g/mol. The molecule has 1 aliphatic carbocycles. The number of hydrogen-bond donors (Lipinski definition) is 0. The van der Waals surface area contributed by atoms with Crippen LogP contribution in [0.5, 0.6) is 0 Å². The van der Waals surface area contributed by atoms with Gasteiger partial charge in [0.2, 0.25) is 0 Å². The minimum Gasteiger partial charge on any atom is -0.496 e. The van der Waals surface area contributed by atoms with Gasteiger partial charge in [-0.15, -0.1) is 0 Å². The minimum absolute atomic E-state index is 0.0228. The number of carbonyl (C=O) groups excluding carboxylic acids is 1. The van der Waals surface area contributed by atoms with E-state index < -0.39 is 0 Å². The fourth-order valence-corrected chi connectivity index (χ4v) is 3.45. The summed E-state index contributed by atoms with van der Waals surface area (Å²) in [5, 5.41) is 0. The Morgan fingerprint density at radius 3 is 2.76 bits per heavy atom. The molecule has 1 aliphatic heterocycles. The van der Waals surface area contributed by atoms with Crippen LogP contribution in [0.25, 0.3) is 5.57 Å². The molecule has 21 heavy (non-hydrogen) atoms. The average Bonchev–Trinajstić information content (AvgIpc) is 2.49. The molecule has 3 nitrogen and oxygen atoms in total. The van der Waals surface area contributed by atoms with Gasteiger partial charge in [-0.3, -0.25) is 4.79 Å². The third-order valence-electron chi connectivity index (χ3n) is 4.26. The maximum Gasteiger partial charge on any atom is 0.173 e. The molecule has 0 spiro atoms. The highest BCUT2D eigenvalue weighted by Crippen LogP contribution is 2.37. The Labute approximate surface area is 133 Å². The zero-order valence-electron chi connectivity index (χ0n) is 12.0. The highest BCUT2D eigenvalue weighted by atomic mass is 79.9. The fourth-order valence-electron chi connectivity index (χ4n) is 3.18. The van der Waals surface area contributed by atoms with Crippen LogP contribution in [0.1, 0.15) is 31.7 Å². The van der Waals surface area contributed by atoms with Crippen molar-refractivity contribution in [3.8, 4) is 0 Å². The maximum atomic E-state index is 12.7. The lowest BCUT2D eigenvalue weighted by Crippen LogP contribution is -2.41. The number of halogens is 1. The third-order valence-corrected chi connectivity index (χ3v) is 4.79. The maximum absolute atomic E-state index is 12.7. The van der Waals surface area contributed by atoms with E-state index in [1.165, 1.54) is 0 Å². The lowest BCUT2D eigenvalue weighted by molar-refractivity contribution is -0.127. The number of benzene rings is 1. The van der Waals surface area contributed by atoms with Crippen LogP contribution in [0.15, 0.2) is 35.0 Å². The summed E-state index contributed by atoms with van der Waals surface area (Å²) in [7, 11) is 0. The Balaban J connectivity index is 1.78. The summed E-state index contributed by atoms with van der Waals surface area (Å²) in [6.07, 6.45) is 4.45. The molecule has 1 aromatic carbocycles. The van der Waals surface area contributed by atoms with Crippen LogP contribution in [-0.2, 0) is 14.3 Å². The first-order chi connectivity index (χ1) is 10.2. The number of carbonyl (C=O) groups is 1. The molecule has 0 radical (unpaired) electrons. The topological polar surface area (TPSA) is 35.5 Å². The molecule has 1 fully saturated rings. The molecule has 0 amide bonds. The van der Waals surface area contributed by atoms with Gasteiger partial charge in [0.15, 0.2) is 5.78 Å². The van der Waals surface area contributed by atoms with Crippen molar-refractivity contribution >= 4 is 27.3 Å². The molecule has 3 atom stereocenters. The van der Waals surface area contributed by atoms with E-state index in [1.54, 1.807) is 6.26 Å². The highest BCUT2D eigenvalue weighted by Gasteiger charge is 2.40. The van der Waals surface area contributed by atoms with Gasteiger partial charge in [-0.05, 0) is 37.5 Å². The zero-order valence-corrected chi connectivity index (χ0v) is 13.6. The molecule has 1 aromatic rings. The summed E-state index contributed by atoms with van der Waals surface area (Å²) in [4.78, 5) is 12.7. The number of ketones is 1. The molecular weight excluding hydrogens is 332 g/mol. The van der Waals surface area contributed by atoms with Gasteiger partial charge < -0.3 is 9.47 Å². The number of fused-ring (bicyclic) bond motifs is 1. The standard InChI is InChI=1S/C17H19BrO3/c1-2-20-13-7-8-14-16(9-13)21-10-15(17(14)19)11-3-5-12(18)6-4-11/h3-6,10,13-14,16H,2,7-9H2,1H3. The van der Waals surface area contributed by atoms with E-state index >= 15 is 0 Å². The van der Waals surface area contributed by atoms with Gasteiger partial charge in [-0.1, -0.05) is 28.1 Å². The van der Waals surface area contributed by atoms with Crippen molar-refractivity contribution in [2.45, 2.75) is 38.4 Å². The highest BCUT2D eigenvalue weighted by molar-refractivity contribution is 9.10. The fraction of sp³-hybridized carbons (Fsp3) is 0.471. The van der Waals surface area contributed by atoms with Crippen LogP contribution in [0.4, 0.5) is 0 Å². The number of ether oxygens (including phenoxy) is 2. The monoisotopic (exact) mass is 350 g/mol. The van der Waals surface area contributed by atoms with Gasteiger partial charge in [0.25, 0.3) is 0 Å². The van der Waals surface area contributed by atoms with Crippen molar-refractivity contribution in [3.63, 3.8) is 0 Å². The second kappa shape index (κ2) is 6.32. The number of hydrogen-bond acceptors (Lipinski definition) is 3. The summed E-state index contributed by atoms with van der Waals surface area (Å²) in [6, 6.07) is 7.79. The number of allylic oxidation sites excluding steroid dienone is 1. The Hall–Kier alpha value is -1.13. The second-order valence-corrected chi connectivity index (χ2v) is 6.49. The largest absolute Gasteiger partial charge is 0.496 e. The summed E-state index contributed by atoms with van der Waals surface area (Å²) in [5.41, 5.74) is 1.62. The molecule has 0 saturated heterocycles. The predicted octanol–water partition coefficient (Wildman–Crippen LogP) is 3.96. The van der Waals surface area contributed by atoms with Gasteiger partial charge in [0, 0.05) is 17.5 Å². The first-order valence-corrected chi connectivity index (χ1v) is 8.25. The third kappa shape index (κ3) is 3.06. The Morgan fingerprint density at radius 1 is 1.29 bits per heavy atom. The number of Topliss-reactive ketones (excluding diaryl/α,β-unsaturated/α-hetero) is 1. The van der Waals surface area contributed by atoms with Crippen LogP contribution < -0.4 is 0 Å². The van der Waals surface area contributed by atoms with Crippen molar-refractivity contribution < 1.29 is 14.3 Å². The first-order valence-electron chi connectivity index (χ1n) is 7.46. The number of rotatable bonds is 3. The van der Waals surface area contributed by atoms with Crippen LogP contribution >= 0.6 is 15.9 Å². The van der Waals surface area contributed by atoms with Crippen molar-refractivity contribution in [1.29, 1.82) is 0 Å². The Bertz CT molecular complexity index is 550. The van der Waals surface area contributed by atoms with Crippen molar-refractivity contribution in [1.82, 2.24) is 0 Å². The van der Waals surface area contributed by atoms with E-state index in [1.807, 2.05) is 31.2 Å². The molecule has 0 N–H and O–H groups in total. The quantitative estimate of drug-likeness (QED) is 0.827. The van der Waals surface area contributed by atoms with Crippen LogP contribution in [0, 0.1) is 5.92 Å². The van der Waals surface area contributed by atoms with Crippen molar-refractivity contribution in [2.75, 3.05) is 6.61 Å². The molecule has 4 heteroatoms. The van der Waals surface area contributed by atoms with Gasteiger partial charge in [0.05, 0.1) is 23.9 Å². The minimum atomic E-state index is -0.0259. The SMILES string of the molecule is CCOC1CCC2C(=O)C(c3ccc(Br)cc3)=COC2C1. The first kappa shape index (κ1) is 14.8. The van der Waals surface area contributed by atoms with E-state index in [2.05, 4.69) is 15.9 Å². The molecule has 2 aliphatic rings. The molecular formula is C17H19BrO3. The summed E-state index contributed by atoms with van der Waals surface area (Å²) < 4.78 is 12.5. The van der Waals surface area contributed by atoms with Crippen molar-refractivity contribution in [2.24, 2.45) is 5.92 Å². The normalized spacial score (nSPS) is 28.6. The Kier molecular flexibility index (Phi) is 4.45.